The third-order valence-electron chi connectivity index (χ3n) is 5.45. The molecule has 26 heavy (non-hydrogen) atoms. The summed E-state index contributed by atoms with van der Waals surface area (Å²) in [6, 6.07) is 17.6. The Kier molecular flexibility index (Phi) is 8.16. The minimum absolute atomic E-state index is 0. The molecule has 3 heteroatoms. The summed E-state index contributed by atoms with van der Waals surface area (Å²) in [6.45, 7) is 2.34. The molecule has 2 aliphatic rings. The SMILES string of the molecule is C#CCC(C)(C1=CC=CC1)C1c2ccccc2-c2ccccc21.[Cl-].[Cl-].[Zr+2]. The van der Waals surface area contributed by atoms with Crippen molar-refractivity contribution < 1.29 is 51.0 Å². The molecular formula is C23H20Cl2Zr. The van der Waals surface area contributed by atoms with Gasteiger partial charge in [-0.2, -0.15) is 0 Å². The largest absolute Gasteiger partial charge is 2.00 e. The number of fused-ring (bicyclic) bond motifs is 3. The van der Waals surface area contributed by atoms with Crippen LogP contribution in [-0.4, -0.2) is 0 Å². The third-order valence-corrected chi connectivity index (χ3v) is 5.45. The summed E-state index contributed by atoms with van der Waals surface area (Å²) in [5.74, 6) is 3.29. The molecule has 0 fully saturated rings. The molecular weight excluding hydrogens is 438 g/mol. The van der Waals surface area contributed by atoms with Crippen molar-refractivity contribution in [2.75, 3.05) is 0 Å². The number of allylic oxidation sites excluding steroid dienone is 4. The molecule has 0 saturated heterocycles. The zero-order chi connectivity index (χ0) is 15.9. The maximum atomic E-state index is 5.79. The van der Waals surface area contributed by atoms with E-state index in [0.29, 0.717) is 5.92 Å². The van der Waals surface area contributed by atoms with Crippen molar-refractivity contribution in [3.8, 4) is 23.5 Å². The molecule has 0 radical (unpaired) electrons. The van der Waals surface area contributed by atoms with E-state index in [-0.39, 0.29) is 56.4 Å². The smallest absolute Gasteiger partial charge is 1.00 e. The minimum atomic E-state index is -0.0407. The van der Waals surface area contributed by atoms with Gasteiger partial charge in [0.05, 0.1) is 0 Å². The first-order valence-electron chi connectivity index (χ1n) is 8.23. The molecule has 0 nitrogen and oxygen atoms in total. The summed E-state index contributed by atoms with van der Waals surface area (Å²) in [5, 5.41) is 0. The first kappa shape index (κ1) is 23.0. The summed E-state index contributed by atoms with van der Waals surface area (Å²) >= 11 is 0. The Bertz CT molecular complexity index is 830. The van der Waals surface area contributed by atoms with Gasteiger partial charge in [0.2, 0.25) is 0 Å². The van der Waals surface area contributed by atoms with E-state index in [1.54, 1.807) is 0 Å². The van der Waals surface area contributed by atoms with Crippen LogP contribution >= 0.6 is 0 Å². The van der Waals surface area contributed by atoms with Crippen molar-refractivity contribution in [3.63, 3.8) is 0 Å². The Hall–Kier alpha value is -1.06. The van der Waals surface area contributed by atoms with E-state index in [1.807, 2.05) is 0 Å². The van der Waals surface area contributed by atoms with Crippen molar-refractivity contribution in [1.82, 2.24) is 0 Å². The quantitative estimate of drug-likeness (QED) is 0.556. The maximum Gasteiger partial charge on any atom is 2.00 e. The molecule has 2 aliphatic carbocycles. The van der Waals surface area contributed by atoms with Crippen LogP contribution < -0.4 is 24.8 Å². The van der Waals surface area contributed by atoms with Gasteiger partial charge in [-0.05, 0) is 28.7 Å². The summed E-state index contributed by atoms with van der Waals surface area (Å²) in [5.41, 5.74) is 6.97. The molecule has 4 rings (SSSR count). The van der Waals surface area contributed by atoms with Gasteiger partial charge in [0, 0.05) is 17.8 Å². The molecule has 0 spiro atoms. The van der Waals surface area contributed by atoms with E-state index in [0.717, 1.165) is 12.8 Å². The molecule has 0 bridgehead atoms. The number of hydrogen-bond donors (Lipinski definition) is 0. The van der Waals surface area contributed by atoms with Crippen molar-refractivity contribution >= 4 is 0 Å². The summed E-state index contributed by atoms with van der Waals surface area (Å²) < 4.78 is 0. The van der Waals surface area contributed by atoms with Crippen LogP contribution in [0.4, 0.5) is 0 Å². The zero-order valence-electron chi connectivity index (χ0n) is 14.7. The van der Waals surface area contributed by atoms with E-state index in [9.17, 15) is 0 Å². The molecule has 0 aromatic heterocycles. The van der Waals surface area contributed by atoms with Crippen LogP contribution in [0.5, 0.6) is 0 Å². The van der Waals surface area contributed by atoms with Crippen LogP contribution in [0.3, 0.4) is 0 Å². The molecule has 0 aliphatic heterocycles. The Morgan fingerprint density at radius 1 is 1.00 bits per heavy atom. The van der Waals surface area contributed by atoms with Gasteiger partial charge in [0.25, 0.3) is 0 Å². The van der Waals surface area contributed by atoms with Gasteiger partial charge in [-0.1, -0.05) is 79.3 Å². The Labute approximate surface area is 188 Å². The van der Waals surface area contributed by atoms with E-state index < -0.39 is 0 Å². The predicted molar refractivity (Wildman–Crippen MR) is 97.1 cm³/mol. The molecule has 0 N–H and O–H groups in total. The molecule has 2 aromatic rings. The van der Waals surface area contributed by atoms with Crippen molar-refractivity contribution in [2.24, 2.45) is 5.41 Å². The van der Waals surface area contributed by atoms with Crippen LogP contribution in [0.1, 0.15) is 36.8 Å². The van der Waals surface area contributed by atoms with Crippen molar-refractivity contribution in [1.29, 1.82) is 0 Å². The second-order valence-corrected chi connectivity index (χ2v) is 6.73. The van der Waals surface area contributed by atoms with Gasteiger partial charge in [0.1, 0.15) is 0 Å². The second-order valence-electron chi connectivity index (χ2n) is 6.73. The number of benzene rings is 2. The van der Waals surface area contributed by atoms with Crippen molar-refractivity contribution in [2.45, 2.75) is 25.7 Å². The first-order valence-corrected chi connectivity index (χ1v) is 8.23. The number of rotatable bonds is 3. The van der Waals surface area contributed by atoms with Crippen LogP contribution in [0.25, 0.3) is 11.1 Å². The van der Waals surface area contributed by atoms with Crippen LogP contribution in [-0.2, 0) is 26.2 Å². The maximum absolute atomic E-state index is 5.79. The first-order chi connectivity index (χ1) is 11.3. The fraction of sp³-hybridized carbons (Fsp3) is 0.217. The van der Waals surface area contributed by atoms with Crippen LogP contribution in [0.2, 0.25) is 0 Å². The van der Waals surface area contributed by atoms with E-state index in [1.165, 1.54) is 27.8 Å². The number of halogens is 2. The normalized spacial score (nSPS) is 15.9. The average Bonchev–Trinajstić information content (AvgIpc) is 3.22. The van der Waals surface area contributed by atoms with E-state index in [4.69, 9.17) is 6.42 Å². The number of terminal acetylenes is 1. The predicted octanol–water partition coefficient (Wildman–Crippen LogP) is -0.280. The topological polar surface area (TPSA) is 0 Å². The van der Waals surface area contributed by atoms with Gasteiger partial charge in [-0.25, -0.2) is 0 Å². The van der Waals surface area contributed by atoms with Gasteiger partial charge < -0.3 is 24.8 Å². The van der Waals surface area contributed by atoms with Crippen molar-refractivity contribution in [3.05, 3.63) is 83.5 Å². The van der Waals surface area contributed by atoms with Gasteiger partial charge >= 0.3 is 26.2 Å². The Balaban J connectivity index is 0.00000113. The average molecular weight is 459 g/mol. The summed E-state index contributed by atoms with van der Waals surface area (Å²) in [6.07, 6.45) is 14.2. The standard InChI is InChI=1S/C23H20.2ClH.Zr/c1-3-16-23(2,17-10-4-5-11-17)22-20-14-8-6-12-18(20)19-13-7-9-15-21(19)22;;;/h1,4-10,12-15,22H,11,16H2,2H3;2*1H;/q;;;+2/p-2. The summed E-state index contributed by atoms with van der Waals surface area (Å²) in [4.78, 5) is 0. The summed E-state index contributed by atoms with van der Waals surface area (Å²) in [7, 11) is 0. The van der Waals surface area contributed by atoms with Gasteiger partial charge in [0.15, 0.2) is 0 Å². The van der Waals surface area contributed by atoms with Crippen LogP contribution in [0, 0.1) is 17.8 Å². The Morgan fingerprint density at radius 2 is 1.54 bits per heavy atom. The molecule has 0 saturated carbocycles. The monoisotopic (exact) mass is 456 g/mol. The second kappa shape index (κ2) is 9.23. The van der Waals surface area contributed by atoms with Gasteiger partial charge in [-0.15, -0.1) is 12.3 Å². The minimum Gasteiger partial charge on any atom is -1.00 e. The molecule has 0 heterocycles. The fourth-order valence-corrected chi connectivity index (χ4v) is 4.33. The Morgan fingerprint density at radius 3 is 2.00 bits per heavy atom. The van der Waals surface area contributed by atoms with E-state index in [2.05, 4.69) is 79.6 Å². The molecule has 1 atom stereocenters. The molecule has 0 amide bonds. The fourth-order valence-electron chi connectivity index (χ4n) is 4.33. The molecule has 1 unspecified atom stereocenters. The number of hydrogen-bond acceptors (Lipinski definition) is 0. The third kappa shape index (κ3) is 3.53. The molecule has 130 valence electrons. The van der Waals surface area contributed by atoms with Gasteiger partial charge in [-0.3, -0.25) is 0 Å². The van der Waals surface area contributed by atoms with E-state index >= 15 is 0 Å². The molecule has 2 aromatic carbocycles. The van der Waals surface area contributed by atoms with Crippen LogP contribution in [0.15, 0.2) is 72.3 Å². The zero-order valence-corrected chi connectivity index (χ0v) is 18.6.